The molecule has 0 amide bonds. The van der Waals surface area contributed by atoms with E-state index in [0.29, 0.717) is 26.4 Å². The van der Waals surface area contributed by atoms with Crippen molar-refractivity contribution in [3.63, 3.8) is 0 Å². The second kappa shape index (κ2) is 5.07. The van der Waals surface area contributed by atoms with Crippen LogP contribution in [-0.4, -0.2) is 26.4 Å². The summed E-state index contributed by atoms with van der Waals surface area (Å²) in [6.07, 6.45) is 1.74. The quantitative estimate of drug-likeness (QED) is 0.797. The Kier molecular flexibility index (Phi) is 3.46. The molecule has 0 spiro atoms. The minimum atomic E-state index is -0.157. The minimum absolute atomic E-state index is 0.157. The van der Waals surface area contributed by atoms with Crippen LogP contribution in [0.15, 0.2) is 10.5 Å². The van der Waals surface area contributed by atoms with Gasteiger partial charge in [-0.3, -0.25) is 0 Å². The molecule has 3 rings (SSSR count). The Labute approximate surface area is 115 Å². The maximum absolute atomic E-state index is 6.21. The highest BCUT2D eigenvalue weighted by Crippen LogP contribution is 2.43. The van der Waals surface area contributed by atoms with Gasteiger partial charge in [0.2, 0.25) is 0 Å². The number of hydrogen-bond donors (Lipinski definition) is 1. The van der Waals surface area contributed by atoms with Crippen LogP contribution in [0.3, 0.4) is 0 Å². The molecule has 1 aromatic carbocycles. The van der Waals surface area contributed by atoms with Gasteiger partial charge in [0.05, 0.1) is 32.5 Å². The van der Waals surface area contributed by atoms with E-state index in [4.69, 9.17) is 19.9 Å². The fourth-order valence-corrected chi connectivity index (χ4v) is 3.07. The van der Waals surface area contributed by atoms with E-state index in [2.05, 4.69) is 15.9 Å². The average Bonchev–Trinajstić information content (AvgIpc) is 2.68. The van der Waals surface area contributed by atoms with Gasteiger partial charge in [0.25, 0.3) is 0 Å². The Morgan fingerprint density at radius 3 is 2.94 bits per heavy atom. The molecular weight excluding hydrogens is 298 g/mol. The molecule has 2 heterocycles. The highest BCUT2D eigenvalue weighted by molar-refractivity contribution is 9.10. The summed E-state index contributed by atoms with van der Waals surface area (Å²) in [6, 6.07) is 1.83. The zero-order valence-electron chi connectivity index (χ0n) is 10.1. The summed E-state index contributed by atoms with van der Waals surface area (Å²) in [7, 11) is 0. The SMILES string of the molecule is NC1COCCc2c(Br)cc3c(c21)OCCCO3. The van der Waals surface area contributed by atoms with Crippen LogP contribution in [0.4, 0.5) is 0 Å². The van der Waals surface area contributed by atoms with Crippen LogP contribution in [0.1, 0.15) is 23.6 Å². The lowest BCUT2D eigenvalue weighted by molar-refractivity contribution is 0.130. The summed E-state index contributed by atoms with van der Waals surface area (Å²) in [6.45, 7) is 2.58. The van der Waals surface area contributed by atoms with Gasteiger partial charge in [-0.1, -0.05) is 15.9 Å². The largest absolute Gasteiger partial charge is 0.490 e. The molecule has 98 valence electrons. The summed E-state index contributed by atoms with van der Waals surface area (Å²) in [5.74, 6) is 1.60. The van der Waals surface area contributed by atoms with Crippen LogP contribution in [0, 0.1) is 0 Å². The highest BCUT2D eigenvalue weighted by atomic mass is 79.9. The normalized spacial score (nSPS) is 22.9. The van der Waals surface area contributed by atoms with Crippen molar-refractivity contribution in [3.05, 3.63) is 21.7 Å². The van der Waals surface area contributed by atoms with Crippen LogP contribution in [-0.2, 0) is 11.2 Å². The van der Waals surface area contributed by atoms with Crippen molar-refractivity contribution in [1.29, 1.82) is 0 Å². The van der Waals surface area contributed by atoms with Crippen molar-refractivity contribution in [2.24, 2.45) is 5.73 Å². The molecule has 2 aliphatic rings. The first kappa shape index (κ1) is 12.3. The molecule has 0 aliphatic carbocycles. The maximum atomic E-state index is 6.21. The van der Waals surface area contributed by atoms with Gasteiger partial charge >= 0.3 is 0 Å². The first-order valence-corrected chi connectivity index (χ1v) is 7.01. The van der Waals surface area contributed by atoms with Gasteiger partial charge in [-0.15, -0.1) is 0 Å². The number of halogens is 1. The summed E-state index contributed by atoms with van der Waals surface area (Å²) >= 11 is 3.60. The van der Waals surface area contributed by atoms with Gasteiger partial charge in [-0.2, -0.15) is 0 Å². The molecule has 0 fully saturated rings. The molecule has 0 bridgehead atoms. The van der Waals surface area contributed by atoms with E-state index in [1.165, 1.54) is 5.56 Å². The highest BCUT2D eigenvalue weighted by Gasteiger charge is 2.27. The molecule has 4 nitrogen and oxygen atoms in total. The second-order valence-corrected chi connectivity index (χ2v) is 5.41. The van der Waals surface area contributed by atoms with Gasteiger partial charge in [0.1, 0.15) is 0 Å². The molecule has 1 unspecified atom stereocenters. The Bertz CT molecular complexity index is 464. The van der Waals surface area contributed by atoms with Crippen molar-refractivity contribution in [3.8, 4) is 11.5 Å². The zero-order valence-corrected chi connectivity index (χ0v) is 11.7. The fourth-order valence-electron chi connectivity index (χ4n) is 2.45. The lowest BCUT2D eigenvalue weighted by atomic mass is 9.98. The van der Waals surface area contributed by atoms with Crippen LogP contribution in [0.2, 0.25) is 0 Å². The van der Waals surface area contributed by atoms with Gasteiger partial charge in [-0.25, -0.2) is 0 Å². The van der Waals surface area contributed by atoms with Gasteiger partial charge < -0.3 is 19.9 Å². The van der Waals surface area contributed by atoms with E-state index in [1.807, 2.05) is 6.07 Å². The Morgan fingerprint density at radius 2 is 2.06 bits per heavy atom. The van der Waals surface area contributed by atoms with E-state index in [1.54, 1.807) is 0 Å². The van der Waals surface area contributed by atoms with Gasteiger partial charge in [0, 0.05) is 16.5 Å². The number of hydrogen-bond acceptors (Lipinski definition) is 4. The smallest absolute Gasteiger partial charge is 0.166 e. The van der Waals surface area contributed by atoms with Gasteiger partial charge in [-0.05, 0) is 18.1 Å². The third-order valence-corrected chi connectivity index (χ3v) is 4.00. The number of nitrogens with two attached hydrogens (primary N) is 1. The lowest BCUT2D eigenvalue weighted by Crippen LogP contribution is -2.17. The molecule has 0 saturated carbocycles. The molecular formula is C13H16BrNO3. The lowest BCUT2D eigenvalue weighted by Gasteiger charge is -2.19. The molecule has 0 radical (unpaired) electrons. The number of benzene rings is 1. The van der Waals surface area contributed by atoms with Crippen molar-refractivity contribution >= 4 is 15.9 Å². The molecule has 5 heteroatoms. The van der Waals surface area contributed by atoms with E-state index in [-0.39, 0.29) is 6.04 Å². The van der Waals surface area contributed by atoms with Crippen molar-refractivity contribution in [2.75, 3.05) is 26.4 Å². The number of ether oxygens (including phenoxy) is 3. The molecule has 1 aromatic rings. The Hall–Kier alpha value is -0.780. The van der Waals surface area contributed by atoms with E-state index in [0.717, 1.165) is 34.4 Å². The maximum Gasteiger partial charge on any atom is 0.166 e. The molecule has 1 atom stereocenters. The Balaban J connectivity index is 2.17. The van der Waals surface area contributed by atoms with Crippen molar-refractivity contribution < 1.29 is 14.2 Å². The van der Waals surface area contributed by atoms with Crippen LogP contribution in [0.25, 0.3) is 0 Å². The predicted octanol–water partition coefficient (Wildman–Crippen LogP) is 2.18. The zero-order chi connectivity index (χ0) is 12.5. The van der Waals surface area contributed by atoms with E-state index < -0.39 is 0 Å². The molecule has 2 aliphatic heterocycles. The molecule has 18 heavy (non-hydrogen) atoms. The summed E-state index contributed by atoms with van der Waals surface area (Å²) in [5.41, 5.74) is 8.43. The fraction of sp³-hybridized carbons (Fsp3) is 0.538. The van der Waals surface area contributed by atoms with Gasteiger partial charge in [0.15, 0.2) is 11.5 Å². The third kappa shape index (κ3) is 2.11. The topological polar surface area (TPSA) is 53.7 Å². The van der Waals surface area contributed by atoms with Crippen molar-refractivity contribution in [2.45, 2.75) is 18.9 Å². The third-order valence-electron chi connectivity index (χ3n) is 3.30. The summed E-state index contributed by atoms with van der Waals surface area (Å²) < 4.78 is 18.1. The van der Waals surface area contributed by atoms with E-state index in [9.17, 15) is 0 Å². The minimum Gasteiger partial charge on any atom is -0.490 e. The van der Waals surface area contributed by atoms with Crippen molar-refractivity contribution in [1.82, 2.24) is 0 Å². The first-order valence-electron chi connectivity index (χ1n) is 6.21. The molecule has 2 N–H and O–H groups in total. The standard InChI is InChI=1S/C13H16BrNO3/c14-9-6-11-13(18-4-1-3-17-11)12-8(9)2-5-16-7-10(12)15/h6,10H,1-5,7,15H2. The second-order valence-electron chi connectivity index (χ2n) is 4.56. The molecule has 0 aromatic heterocycles. The number of rotatable bonds is 0. The molecule has 0 saturated heterocycles. The van der Waals surface area contributed by atoms with Crippen LogP contribution in [0.5, 0.6) is 11.5 Å². The first-order chi connectivity index (χ1) is 8.77. The monoisotopic (exact) mass is 313 g/mol. The predicted molar refractivity (Wildman–Crippen MR) is 71.2 cm³/mol. The van der Waals surface area contributed by atoms with Crippen LogP contribution >= 0.6 is 15.9 Å². The Morgan fingerprint density at radius 1 is 1.22 bits per heavy atom. The van der Waals surface area contributed by atoms with Crippen LogP contribution < -0.4 is 15.2 Å². The summed E-state index contributed by atoms with van der Waals surface area (Å²) in [4.78, 5) is 0. The average molecular weight is 314 g/mol. The number of fused-ring (bicyclic) bond motifs is 3. The van der Waals surface area contributed by atoms with E-state index >= 15 is 0 Å². The summed E-state index contributed by atoms with van der Waals surface area (Å²) in [5, 5.41) is 0.